The number of hydrogen-bond donors (Lipinski definition) is 1. The third-order valence-electron chi connectivity index (χ3n) is 6.84. The van der Waals surface area contributed by atoms with Gasteiger partial charge >= 0.3 is 19.8 Å². The number of ether oxygens (including phenoxy) is 2. The molecular formula is C42H67NO8P+. The Morgan fingerprint density at radius 3 is 1.46 bits per heavy atom. The van der Waals surface area contributed by atoms with E-state index in [1.54, 1.807) is 6.08 Å². The van der Waals surface area contributed by atoms with Crippen LogP contribution >= 0.6 is 7.82 Å². The fraction of sp³-hybridized carbons (Fsp3) is 0.524. The molecule has 0 aromatic heterocycles. The zero-order valence-corrected chi connectivity index (χ0v) is 33.4. The first-order valence-electron chi connectivity index (χ1n) is 18.6. The van der Waals surface area contributed by atoms with Crippen molar-refractivity contribution in [3.05, 3.63) is 109 Å². The van der Waals surface area contributed by atoms with Gasteiger partial charge < -0.3 is 18.9 Å². The van der Waals surface area contributed by atoms with Gasteiger partial charge in [-0.15, -0.1) is 0 Å². The predicted molar refractivity (Wildman–Crippen MR) is 214 cm³/mol. The van der Waals surface area contributed by atoms with Gasteiger partial charge in [-0.25, -0.2) is 4.57 Å². The summed E-state index contributed by atoms with van der Waals surface area (Å²) in [6.07, 6.45) is 44.8. The number of nitrogens with zero attached hydrogens (tertiary/aromatic N) is 1. The summed E-state index contributed by atoms with van der Waals surface area (Å²) in [5, 5.41) is 0. The first-order chi connectivity index (χ1) is 25.0. The molecule has 0 aromatic rings. The van der Waals surface area contributed by atoms with E-state index >= 15 is 0 Å². The predicted octanol–water partition coefficient (Wildman–Crippen LogP) is 10.0. The smallest absolute Gasteiger partial charge is 0.462 e. The Morgan fingerprint density at radius 2 is 1.02 bits per heavy atom. The SMILES string of the molecule is CC/C=C\C/C=C\C/C=C\C/C=C\C/C=C\CC(=O)OC(COC(=O)CC/C=C\C/C=C\C/C=C\C/C=C\CC)COP(=O)(O)OCC[N+](C)(C)C. The number of phosphoric acid groups is 1. The van der Waals surface area contributed by atoms with Gasteiger partial charge in [0.05, 0.1) is 34.2 Å². The Bertz CT molecular complexity index is 1250. The highest BCUT2D eigenvalue weighted by atomic mass is 31.2. The molecule has 2 atom stereocenters. The zero-order valence-electron chi connectivity index (χ0n) is 32.5. The van der Waals surface area contributed by atoms with Crippen molar-refractivity contribution < 1.29 is 42.1 Å². The normalized spacial score (nSPS) is 15.0. The lowest BCUT2D eigenvalue weighted by atomic mass is 10.2. The van der Waals surface area contributed by atoms with Crippen molar-refractivity contribution >= 4 is 19.8 Å². The van der Waals surface area contributed by atoms with Crippen molar-refractivity contribution in [3.63, 3.8) is 0 Å². The molecule has 0 saturated carbocycles. The fourth-order valence-electron chi connectivity index (χ4n) is 3.98. The van der Waals surface area contributed by atoms with E-state index in [-0.39, 0.29) is 26.1 Å². The van der Waals surface area contributed by atoms with Crippen LogP contribution in [0.25, 0.3) is 0 Å². The molecule has 0 fully saturated rings. The molecule has 292 valence electrons. The molecular weight excluding hydrogens is 677 g/mol. The van der Waals surface area contributed by atoms with Gasteiger partial charge in [0.1, 0.15) is 19.8 Å². The van der Waals surface area contributed by atoms with E-state index in [1.807, 2.05) is 45.4 Å². The van der Waals surface area contributed by atoms with Crippen LogP contribution in [0.2, 0.25) is 0 Å². The number of phosphoric ester groups is 1. The highest BCUT2D eigenvalue weighted by molar-refractivity contribution is 7.47. The number of esters is 2. The maximum Gasteiger partial charge on any atom is 0.472 e. The largest absolute Gasteiger partial charge is 0.472 e. The van der Waals surface area contributed by atoms with Crippen molar-refractivity contribution in [2.45, 2.75) is 97.0 Å². The maximum atomic E-state index is 12.6. The minimum absolute atomic E-state index is 0.00190. The highest BCUT2D eigenvalue weighted by Gasteiger charge is 2.26. The Labute approximate surface area is 315 Å². The summed E-state index contributed by atoms with van der Waals surface area (Å²) in [6.45, 7) is 3.93. The molecule has 0 spiro atoms. The van der Waals surface area contributed by atoms with E-state index in [2.05, 4.69) is 92.8 Å². The number of likely N-dealkylation sites (N-methyl/N-ethyl adjacent to an activating group) is 1. The summed E-state index contributed by atoms with van der Waals surface area (Å²) in [6, 6.07) is 0. The summed E-state index contributed by atoms with van der Waals surface area (Å²) in [5.41, 5.74) is 0. The van der Waals surface area contributed by atoms with Gasteiger partial charge in [-0.2, -0.15) is 0 Å². The van der Waals surface area contributed by atoms with Crippen LogP contribution in [-0.2, 0) is 32.7 Å². The van der Waals surface area contributed by atoms with Crippen LogP contribution in [-0.4, -0.2) is 74.9 Å². The second-order valence-corrected chi connectivity index (χ2v) is 14.3. The molecule has 0 aliphatic carbocycles. The lowest BCUT2D eigenvalue weighted by Crippen LogP contribution is -2.37. The first kappa shape index (κ1) is 48.7. The van der Waals surface area contributed by atoms with Crippen LogP contribution in [0.15, 0.2) is 109 Å². The molecule has 0 radical (unpaired) electrons. The Hall–Kier alpha value is -3.33. The number of rotatable bonds is 31. The van der Waals surface area contributed by atoms with E-state index < -0.39 is 32.5 Å². The van der Waals surface area contributed by atoms with Crippen molar-refractivity contribution in [3.8, 4) is 0 Å². The molecule has 0 aliphatic rings. The van der Waals surface area contributed by atoms with E-state index in [0.29, 0.717) is 23.9 Å². The molecule has 0 saturated heterocycles. The lowest BCUT2D eigenvalue weighted by Gasteiger charge is -2.24. The lowest BCUT2D eigenvalue weighted by molar-refractivity contribution is -0.870. The third-order valence-corrected chi connectivity index (χ3v) is 7.83. The summed E-state index contributed by atoms with van der Waals surface area (Å²) in [7, 11) is 1.36. The van der Waals surface area contributed by atoms with Crippen molar-refractivity contribution in [2.75, 3.05) is 47.5 Å². The van der Waals surface area contributed by atoms with E-state index in [1.165, 1.54) is 0 Å². The van der Waals surface area contributed by atoms with Crippen molar-refractivity contribution in [1.29, 1.82) is 0 Å². The van der Waals surface area contributed by atoms with E-state index in [9.17, 15) is 19.0 Å². The number of carbonyl (C=O) groups is 2. The Kier molecular flexibility index (Phi) is 31.4. The molecule has 9 nitrogen and oxygen atoms in total. The van der Waals surface area contributed by atoms with E-state index in [4.69, 9.17) is 18.5 Å². The molecule has 52 heavy (non-hydrogen) atoms. The average Bonchev–Trinajstić information content (AvgIpc) is 3.09. The van der Waals surface area contributed by atoms with Crippen LogP contribution < -0.4 is 0 Å². The van der Waals surface area contributed by atoms with Crippen molar-refractivity contribution in [1.82, 2.24) is 0 Å². The van der Waals surface area contributed by atoms with Crippen LogP contribution in [0.1, 0.15) is 90.9 Å². The molecule has 0 heterocycles. The molecule has 0 aliphatic heterocycles. The Morgan fingerprint density at radius 1 is 0.596 bits per heavy atom. The van der Waals surface area contributed by atoms with Gasteiger partial charge in [-0.3, -0.25) is 18.6 Å². The zero-order chi connectivity index (χ0) is 38.6. The van der Waals surface area contributed by atoms with Gasteiger partial charge in [0.25, 0.3) is 0 Å². The number of allylic oxidation sites excluding steroid dienone is 17. The Balaban J connectivity index is 4.74. The minimum atomic E-state index is -4.42. The summed E-state index contributed by atoms with van der Waals surface area (Å²) < 4.78 is 33.9. The molecule has 10 heteroatoms. The monoisotopic (exact) mass is 744 g/mol. The summed E-state index contributed by atoms with van der Waals surface area (Å²) in [4.78, 5) is 35.1. The maximum absolute atomic E-state index is 12.6. The molecule has 2 unspecified atom stereocenters. The summed E-state index contributed by atoms with van der Waals surface area (Å²) >= 11 is 0. The van der Waals surface area contributed by atoms with Crippen LogP contribution in [0.4, 0.5) is 0 Å². The number of hydrogen-bond acceptors (Lipinski definition) is 7. The number of quaternary nitrogens is 1. The molecule has 1 N–H and O–H groups in total. The second-order valence-electron chi connectivity index (χ2n) is 12.9. The van der Waals surface area contributed by atoms with E-state index in [0.717, 1.165) is 51.4 Å². The van der Waals surface area contributed by atoms with Crippen molar-refractivity contribution in [2.24, 2.45) is 0 Å². The second kappa shape index (κ2) is 33.5. The third kappa shape index (κ3) is 36.5. The van der Waals surface area contributed by atoms with Gasteiger partial charge in [0.15, 0.2) is 6.10 Å². The molecule has 0 rings (SSSR count). The highest BCUT2D eigenvalue weighted by Crippen LogP contribution is 2.43. The van der Waals surface area contributed by atoms with Gasteiger partial charge in [0.2, 0.25) is 0 Å². The fourth-order valence-corrected chi connectivity index (χ4v) is 4.72. The average molecular weight is 745 g/mol. The first-order valence-corrected chi connectivity index (χ1v) is 20.1. The van der Waals surface area contributed by atoms with Crippen LogP contribution in [0.3, 0.4) is 0 Å². The number of carbonyl (C=O) groups excluding carboxylic acids is 2. The van der Waals surface area contributed by atoms with Gasteiger partial charge in [0, 0.05) is 6.42 Å². The topological polar surface area (TPSA) is 108 Å². The van der Waals surface area contributed by atoms with Gasteiger partial charge in [-0.1, -0.05) is 123 Å². The quantitative estimate of drug-likeness (QED) is 0.0324. The molecule has 0 bridgehead atoms. The summed E-state index contributed by atoms with van der Waals surface area (Å²) in [5.74, 6) is -1.06. The van der Waals surface area contributed by atoms with Crippen LogP contribution in [0.5, 0.6) is 0 Å². The standard InChI is InChI=1S/C42H66NO8P/c1-6-8-10-12-14-16-18-20-21-23-25-27-29-31-33-35-42(45)51-40(39-50-52(46,47)49-37-36-43(3,4)5)38-48-41(44)34-32-30-28-26-24-22-19-17-15-13-11-9-7-2/h8-11,14-17,20-22,24-25,27-28,30-31,33,40H,6-7,12-13,18-19,23,26,29,32,34-39H2,1-5H3/p+1/b10-8-,11-9-,16-14-,17-15-,21-20-,24-22-,27-25-,30-28-,33-31-. The molecule has 0 aromatic carbocycles. The van der Waals surface area contributed by atoms with Crippen LogP contribution in [0, 0.1) is 0 Å². The van der Waals surface area contributed by atoms with Gasteiger partial charge in [-0.05, 0) is 64.2 Å². The minimum Gasteiger partial charge on any atom is -0.462 e. The molecule has 0 amide bonds.